The van der Waals surface area contributed by atoms with Crippen LogP contribution in [0.5, 0.6) is 0 Å². The fourth-order valence-electron chi connectivity index (χ4n) is 2.61. The molecule has 0 aliphatic heterocycles. The molecule has 0 saturated heterocycles. The predicted molar refractivity (Wildman–Crippen MR) is 109 cm³/mol. The first kappa shape index (κ1) is 19.7. The van der Waals surface area contributed by atoms with Gasteiger partial charge in [-0.2, -0.15) is 0 Å². The number of nitrogens with zero attached hydrogens (tertiary/aromatic N) is 1. The SMILES string of the molecule is Cc1ccccc1C(=O)c1cnc(NCCCNC(=O)c2ccc(F)cc2)s1. The summed E-state index contributed by atoms with van der Waals surface area (Å²) in [7, 11) is 0. The van der Waals surface area contributed by atoms with Crippen LogP contribution in [-0.4, -0.2) is 29.8 Å². The van der Waals surface area contributed by atoms with E-state index in [0.29, 0.717) is 40.6 Å². The van der Waals surface area contributed by atoms with Gasteiger partial charge in [-0.15, -0.1) is 0 Å². The molecule has 1 heterocycles. The van der Waals surface area contributed by atoms with E-state index < -0.39 is 0 Å². The number of amides is 1. The molecule has 28 heavy (non-hydrogen) atoms. The van der Waals surface area contributed by atoms with Crippen LogP contribution < -0.4 is 10.6 Å². The molecule has 144 valence electrons. The average molecular weight is 397 g/mol. The van der Waals surface area contributed by atoms with Crippen molar-refractivity contribution in [1.29, 1.82) is 0 Å². The van der Waals surface area contributed by atoms with Gasteiger partial charge in [0, 0.05) is 24.2 Å². The summed E-state index contributed by atoms with van der Waals surface area (Å²) in [5.74, 6) is -0.639. The zero-order valence-corrected chi connectivity index (χ0v) is 16.2. The first-order chi connectivity index (χ1) is 13.5. The number of nitrogens with one attached hydrogen (secondary N) is 2. The van der Waals surface area contributed by atoms with E-state index in [-0.39, 0.29) is 17.5 Å². The maximum Gasteiger partial charge on any atom is 0.251 e. The standard InChI is InChI=1S/C21H20FN3O2S/c1-14-5-2-3-6-17(14)19(26)18-13-25-21(28-18)24-12-4-11-23-20(27)15-7-9-16(22)10-8-15/h2-3,5-10,13H,4,11-12H2,1H3,(H,23,27)(H,24,25). The van der Waals surface area contributed by atoms with E-state index in [9.17, 15) is 14.0 Å². The molecule has 0 spiro atoms. The molecule has 0 saturated carbocycles. The minimum absolute atomic E-state index is 0.0322. The van der Waals surface area contributed by atoms with E-state index in [1.165, 1.54) is 35.6 Å². The van der Waals surface area contributed by atoms with Crippen molar-refractivity contribution in [2.45, 2.75) is 13.3 Å². The Morgan fingerprint density at radius 1 is 1.07 bits per heavy atom. The van der Waals surface area contributed by atoms with E-state index >= 15 is 0 Å². The van der Waals surface area contributed by atoms with E-state index in [2.05, 4.69) is 15.6 Å². The number of aromatic nitrogens is 1. The maximum atomic E-state index is 12.9. The summed E-state index contributed by atoms with van der Waals surface area (Å²) < 4.78 is 12.9. The minimum Gasteiger partial charge on any atom is -0.361 e. The molecule has 2 N–H and O–H groups in total. The van der Waals surface area contributed by atoms with Crippen LogP contribution in [-0.2, 0) is 0 Å². The van der Waals surface area contributed by atoms with Gasteiger partial charge in [0.15, 0.2) is 5.13 Å². The smallest absolute Gasteiger partial charge is 0.251 e. The first-order valence-electron chi connectivity index (χ1n) is 8.88. The number of anilines is 1. The molecular formula is C21H20FN3O2S. The van der Waals surface area contributed by atoms with Crippen LogP contribution in [0.1, 0.15) is 37.6 Å². The lowest BCUT2D eigenvalue weighted by molar-refractivity contribution is 0.0952. The highest BCUT2D eigenvalue weighted by Crippen LogP contribution is 2.22. The van der Waals surface area contributed by atoms with Crippen molar-refractivity contribution >= 4 is 28.2 Å². The zero-order valence-electron chi connectivity index (χ0n) is 15.4. The van der Waals surface area contributed by atoms with Crippen molar-refractivity contribution in [3.8, 4) is 0 Å². The second kappa shape index (κ2) is 9.23. The lowest BCUT2D eigenvalue weighted by atomic mass is 10.0. The number of hydrogen-bond donors (Lipinski definition) is 2. The highest BCUT2D eigenvalue weighted by molar-refractivity contribution is 7.17. The molecule has 1 aromatic heterocycles. The molecule has 2 aromatic carbocycles. The Labute approximate surface area is 166 Å². The van der Waals surface area contributed by atoms with Gasteiger partial charge < -0.3 is 10.6 Å². The van der Waals surface area contributed by atoms with E-state index in [4.69, 9.17) is 0 Å². The monoisotopic (exact) mass is 397 g/mol. The number of aryl methyl sites for hydroxylation is 1. The van der Waals surface area contributed by atoms with Gasteiger partial charge in [-0.3, -0.25) is 9.59 Å². The van der Waals surface area contributed by atoms with E-state index in [1.54, 1.807) is 6.20 Å². The number of carbonyl (C=O) groups excluding carboxylic acids is 2. The number of rotatable bonds is 8. The predicted octanol–water partition coefficient (Wildman–Crippen LogP) is 4.05. The molecule has 7 heteroatoms. The normalized spacial score (nSPS) is 10.5. The lowest BCUT2D eigenvalue weighted by Gasteiger charge is -2.06. The Morgan fingerprint density at radius 3 is 2.57 bits per heavy atom. The Morgan fingerprint density at radius 2 is 1.82 bits per heavy atom. The summed E-state index contributed by atoms with van der Waals surface area (Å²) in [6.45, 7) is 2.99. The van der Waals surface area contributed by atoms with Crippen LogP contribution in [0.4, 0.5) is 9.52 Å². The fraction of sp³-hybridized carbons (Fsp3) is 0.190. The topological polar surface area (TPSA) is 71.1 Å². The summed E-state index contributed by atoms with van der Waals surface area (Å²) in [4.78, 5) is 29.3. The molecule has 1 amide bonds. The van der Waals surface area contributed by atoms with Crippen LogP contribution in [0.3, 0.4) is 0 Å². The Balaban J connectivity index is 1.43. The molecule has 0 fully saturated rings. The molecule has 0 atom stereocenters. The Kier molecular flexibility index (Phi) is 6.49. The molecule has 5 nitrogen and oxygen atoms in total. The average Bonchev–Trinajstić information content (AvgIpc) is 3.17. The Hall–Kier alpha value is -3.06. The summed E-state index contributed by atoms with van der Waals surface area (Å²) in [6, 6.07) is 12.9. The van der Waals surface area contributed by atoms with Gasteiger partial charge in [0.2, 0.25) is 5.78 Å². The second-order valence-electron chi connectivity index (χ2n) is 6.22. The number of carbonyl (C=O) groups is 2. The molecule has 0 bridgehead atoms. The third kappa shape index (κ3) is 5.01. The minimum atomic E-state index is -0.371. The number of benzene rings is 2. The first-order valence-corrected chi connectivity index (χ1v) is 9.70. The van der Waals surface area contributed by atoms with Crippen LogP contribution in [0.25, 0.3) is 0 Å². The summed E-state index contributed by atoms with van der Waals surface area (Å²) in [5.41, 5.74) is 2.04. The zero-order chi connectivity index (χ0) is 19.9. The largest absolute Gasteiger partial charge is 0.361 e. The number of halogens is 1. The lowest BCUT2D eigenvalue weighted by Crippen LogP contribution is -2.25. The van der Waals surface area contributed by atoms with Crippen molar-refractivity contribution in [2.75, 3.05) is 18.4 Å². The van der Waals surface area contributed by atoms with Crippen molar-refractivity contribution in [2.24, 2.45) is 0 Å². The molecule has 0 aliphatic rings. The molecule has 0 aliphatic carbocycles. The molecule has 0 radical (unpaired) electrons. The van der Waals surface area contributed by atoms with Crippen molar-refractivity contribution in [3.05, 3.63) is 82.1 Å². The number of thiazole rings is 1. The quantitative estimate of drug-likeness (QED) is 0.444. The van der Waals surface area contributed by atoms with Crippen LogP contribution in [0.2, 0.25) is 0 Å². The summed E-state index contributed by atoms with van der Waals surface area (Å²) in [6.07, 6.45) is 2.27. The summed E-state index contributed by atoms with van der Waals surface area (Å²) in [5, 5.41) is 6.61. The third-order valence-electron chi connectivity index (χ3n) is 4.14. The summed E-state index contributed by atoms with van der Waals surface area (Å²) >= 11 is 1.31. The van der Waals surface area contributed by atoms with Crippen molar-refractivity contribution in [1.82, 2.24) is 10.3 Å². The van der Waals surface area contributed by atoms with Crippen LogP contribution in [0.15, 0.2) is 54.7 Å². The van der Waals surface area contributed by atoms with Gasteiger partial charge in [0.1, 0.15) is 5.82 Å². The van der Waals surface area contributed by atoms with Gasteiger partial charge in [0.25, 0.3) is 5.91 Å². The van der Waals surface area contributed by atoms with Gasteiger partial charge in [-0.1, -0.05) is 35.6 Å². The Bertz CT molecular complexity index is 970. The highest BCUT2D eigenvalue weighted by atomic mass is 32.1. The number of hydrogen-bond acceptors (Lipinski definition) is 5. The second-order valence-corrected chi connectivity index (χ2v) is 7.25. The van der Waals surface area contributed by atoms with E-state index in [0.717, 1.165) is 5.56 Å². The van der Waals surface area contributed by atoms with Crippen LogP contribution >= 0.6 is 11.3 Å². The van der Waals surface area contributed by atoms with Gasteiger partial charge in [-0.25, -0.2) is 9.37 Å². The van der Waals surface area contributed by atoms with Gasteiger partial charge in [-0.05, 0) is 43.2 Å². The van der Waals surface area contributed by atoms with Gasteiger partial charge in [0.05, 0.1) is 11.1 Å². The number of ketones is 1. The molecule has 3 aromatic rings. The maximum absolute atomic E-state index is 12.9. The third-order valence-corrected chi connectivity index (χ3v) is 5.09. The van der Waals surface area contributed by atoms with Crippen LogP contribution in [0, 0.1) is 12.7 Å². The molecule has 0 unspecified atom stereocenters. The molecular weight excluding hydrogens is 377 g/mol. The van der Waals surface area contributed by atoms with Crippen molar-refractivity contribution < 1.29 is 14.0 Å². The van der Waals surface area contributed by atoms with Gasteiger partial charge >= 0.3 is 0 Å². The van der Waals surface area contributed by atoms with Crippen molar-refractivity contribution in [3.63, 3.8) is 0 Å². The highest BCUT2D eigenvalue weighted by Gasteiger charge is 2.14. The molecule has 3 rings (SSSR count). The van der Waals surface area contributed by atoms with E-state index in [1.807, 2.05) is 31.2 Å². The fourth-order valence-corrected chi connectivity index (χ4v) is 3.41.